The molecule has 1 fully saturated rings. The highest BCUT2D eigenvalue weighted by atomic mass is 32.2. The molecule has 2 aromatic heterocycles. The minimum Gasteiger partial charge on any atom is -0.494 e. The quantitative estimate of drug-likeness (QED) is 0.374. The van der Waals surface area contributed by atoms with Gasteiger partial charge in [-0.25, -0.2) is 15.0 Å². The van der Waals surface area contributed by atoms with Crippen LogP contribution in [0.1, 0.15) is 37.0 Å². The summed E-state index contributed by atoms with van der Waals surface area (Å²) >= 11 is 1.69. The Kier molecular flexibility index (Phi) is 7.50. The fourth-order valence-corrected chi connectivity index (χ4v) is 4.25. The summed E-state index contributed by atoms with van der Waals surface area (Å²) < 4.78 is 5.73. The Bertz CT molecular complexity index is 1230. The number of anilines is 3. The molecule has 182 valence electrons. The summed E-state index contributed by atoms with van der Waals surface area (Å²) in [6.45, 7) is 4.23. The molecule has 1 aliphatic rings. The highest BCUT2D eigenvalue weighted by Gasteiger charge is 2.30. The van der Waals surface area contributed by atoms with Crippen molar-refractivity contribution in [2.75, 3.05) is 24.8 Å². The van der Waals surface area contributed by atoms with Crippen molar-refractivity contribution in [2.24, 2.45) is 5.92 Å². The van der Waals surface area contributed by atoms with Crippen molar-refractivity contribution < 1.29 is 14.3 Å². The van der Waals surface area contributed by atoms with Crippen LogP contribution in [0.4, 0.5) is 17.2 Å². The molecule has 10 heteroatoms. The van der Waals surface area contributed by atoms with E-state index >= 15 is 0 Å². The topological polar surface area (TPSA) is 118 Å². The van der Waals surface area contributed by atoms with Crippen LogP contribution in [-0.4, -0.2) is 46.2 Å². The van der Waals surface area contributed by atoms with Crippen molar-refractivity contribution in [3.63, 3.8) is 0 Å². The first kappa shape index (κ1) is 24.5. The highest BCUT2D eigenvalue weighted by Crippen LogP contribution is 2.38. The summed E-state index contributed by atoms with van der Waals surface area (Å²) in [5.74, 6) is 1.09. The number of pyridine rings is 1. The number of hydrogen-bond donors (Lipinski definition) is 3. The number of nitrogens with one attached hydrogen (secondary N) is 3. The first-order chi connectivity index (χ1) is 16.9. The number of carbonyl (C=O) groups excluding carboxylic acids is 2. The molecule has 1 aromatic carbocycles. The van der Waals surface area contributed by atoms with Crippen LogP contribution in [0.3, 0.4) is 0 Å². The van der Waals surface area contributed by atoms with Crippen LogP contribution in [0.25, 0.3) is 11.4 Å². The average molecular weight is 493 g/mol. The van der Waals surface area contributed by atoms with Crippen LogP contribution in [0, 0.1) is 5.92 Å². The molecule has 2 heterocycles. The van der Waals surface area contributed by atoms with Gasteiger partial charge in [0.15, 0.2) is 11.6 Å². The van der Waals surface area contributed by atoms with Crippen molar-refractivity contribution in [3.8, 4) is 17.1 Å². The van der Waals surface area contributed by atoms with Gasteiger partial charge in [0.1, 0.15) is 5.82 Å². The van der Waals surface area contributed by atoms with E-state index in [2.05, 4.69) is 44.7 Å². The maximum absolute atomic E-state index is 12.5. The minimum atomic E-state index is -0.309. The number of para-hydroxylation sites is 1. The summed E-state index contributed by atoms with van der Waals surface area (Å²) in [5, 5.41) is 9.15. The largest absolute Gasteiger partial charge is 0.494 e. The molecule has 2 amide bonds. The molecule has 0 radical (unpaired) electrons. The Balaban J connectivity index is 1.67. The lowest BCUT2D eigenvalue weighted by atomic mass is 10.1. The predicted octanol–water partition coefficient (Wildman–Crippen LogP) is 4.50. The molecule has 3 N–H and O–H groups in total. The average Bonchev–Trinajstić information content (AvgIpc) is 3.69. The molecule has 0 unspecified atom stereocenters. The zero-order chi connectivity index (χ0) is 24.9. The van der Waals surface area contributed by atoms with Crippen molar-refractivity contribution in [2.45, 2.75) is 36.8 Å². The number of ether oxygens (including phenoxy) is 1. The van der Waals surface area contributed by atoms with Crippen LogP contribution in [0.5, 0.6) is 5.75 Å². The third-order valence-electron chi connectivity index (χ3n) is 5.30. The Labute approximate surface area is 208 Å². The lowest BCUT2D eigenvalue weighted by Gasteiger charge is -2.17. The molecule has 1 saturated carbocycles. The van der Waals surface area contributed by atoms with Gasteiger partial charge in [-0.05, 0) is 25.0 Å². The van der Waals surface area contributed by atoms with Gasteiger partial charge in [-0.15, -0.1) is 11.8 Å². The Hall–Kier alpha value is -3.66. The maximum Gasteiger partial charge on any atom is 0.254 e. The van der Waals surface area contributed by atoms with E-state index in [1.54, 1.807) is 44.4 Å². The fraction of sp³-hybridized carbons (Fsp3) is 0.320. The van der Waals surface area contributed by atoms with Crippen LogP contribution in [-0.2, 0) is 4.79 Å². The molecule has 35 heavy (non-hydrogen) atoms. The number of hydrogen-bond acceptors (Lipinski definition) is 8. The number of methoxy groups -OCH3 is 1. The summed E-state index contributed by atoms with van der Waals surface area (Å²) in [6.07, 6.45) is 6.81. The number of nitrogens with zero attached hydrogens (tertiary/aromatic N) is 3. The number of benzene rings is 1. The number of aromatic nitrogens is 3. The fourth-order valence-electron chi connectivity index (χ4n) is 3.48. The Morgan fingerprint density at radius 1 is 1.09 bits per heavy atom. The maximum atomic E-state index is 12.5. The van der Waals surface area contributed by atoms with Gasteiger partial charge in [0, 0.05) is 47.8 Å². The summed E-state index contributed by atoms with van der Waals surface area (Å²) in [6, 6.07) is 7.21. The summed E-state index contributed by atoms with van der Waals surface area (Å²) in [5.41, 5.74) is 2.13. The molecule has 9 nitrogen and oxygen atoms in total. The predicted molar refractivity (Wildman–Crippen MR) is 137 cm³/mol. The van der Waals surface area contributed by atoms with Gasteiger partial charge >= 0.3 is 0 Å². The second-order valence-corrected chi connectivity index (χ2v) is 10.0. The number of thioether (sulfide) groups is 1. The lowest BCUT2D eigenvalue weighted by molar-refractivity contribution is -0.117. The Morgan fingerprint density at radius 2 is 1.83 bits per heavy atom. The van der Waals surface area contributed by atoms with Gasteiger partial charge in [0.25, 0.3) is 5.91 Å². The molecule has 1 aliphatic carbocycles. The van der Waals surface area contributed by atoms with Crippen LogP contribution >= 0.6 is 11.8 Å². The minimum absolute atomic E-state index is 0.0360. The van der Waals surface area contributed by atoms with E-state index < -0.39 is 0 Å². The molecule has 0 atom stereocenters. The number of carbonyl (C=O) groups is 2. The van der Waals surface area contributed by atoms with Gasteiger partial charge in [-0.2, -0.15) is 0 Å². The van der Waals surface area contributed by atoms with Gasteiger partial charge in [-0.3, -0.25) is 9.59 Å². The first-order valence-electron chi connectivity index (χ1n) is 11.4. The third-order valence-corrected chi connectivity index (χ3v) is 6.26. The van der Waals surface area contributed by atoms with Crippen LogP contribution in [0.15, 0.2) is 47.8 Å². The first-order valence-corrected chi connectivity index (χ1v) is 12.2. The summed E-state index contributed by atoms with van der Waals surface area (Å²) in [4.78, 5) is 39.0. The van der Waals surface area contributed by atoms with E-state index in [0.29, 0.717) is 45.1 Å². The van der Waals surface area contributed by atoms with Gasteiger partial charge in [-0.1, -0.05) is 19.9 Å². The van der Waals surface area contributed by atoms with Gasteiger partial charge < -0.3 is 20.7 Å². The molecular weight excluding hydrogens is 464 g/mol. The van der Waals surface area contributed by atoms with E-state index in [9.17, 15) is 9.59 Å². The normalized spacial score (nSPS) is 12.8. The zero-order valence-electron chi connectivity index (χ0n) is 20.1. The molecule has 0 saturated heterocycles. The SMILES string of the molecule is CNC(=O)c1cnc(NC(=O)C2CC2)cc1Nc1cccc(-c2ncc(SC(C)C)cn2)c1OC. The van der Waals surface area contributed by atoms with E-state index in [0.717, 1.165) is 17.7 Å². The van der Waals surface area contributed by atoms with E-state index in [1.165, 1.54) is 6.20 Å². The smallest absolute Gasteiger partial charge is 0.254 e. The second-order valence-electron chi connectivity index (χ2n) is 8.38. The lowest BCUT2D eigenvalue weighted by Crippen LogP contribution is -2.20. The van der Waals surface area contributed by atoms with E-state index in [1.807, 2.05) is 18.2 Å². The van der Waals surface area contributed by atoms with E-state index in [4.69, 9.17) is 4.74 Å². The molecule has 4 rings (SSSR count). The van der Waals surface area contributed by atoms with E-state index in [-0.39, 0.29) is 17.7 Å². The number of amides is 2. The highest BCUT2D eigenvalue weighted by molar-refractivity contribution is 7.99. The molecule has 0 spiro atoms. The van der Waals surface area contributed by atoms with Crippen molar-refractivity contribution in [3.05, 3.63) is 48.4 Å². The molecular formula is C25H28N6O3S. The van der Waals surface area contributed by atoms with Crippen LogP contribution < -0.4 is 20.7 Å². The Morgan fingerprint density at radius 3 is 2.46 bits per heavy atom. The van der Waals surface area contributed by atoms with Crippen LogP contribution in [0.2, 0.25) is 0 Å². The van der Waals surface area contributed by atoms with Crippen molar-refractivity contribution in [1.82, 2.24) is 20.3 Å². The third kappa shape index (κ3) is 5.89. The zero-order valence-corrected chi connectivity index (χ0v) is 20.9. The number of rotatable bonds is 9. The molecule has 3 aromatic rings. The molecule has 0 aliphatic heterocycles. The second kappa shape index (κ2) is 10.7. The molecule has 0 bridgehead atoms. The summed E-state index contributed by atoms with van der Waals surface area (Å²) in [7, 11) is 3.12. The van der Waals surface area contributed by atoms with Gasteiger partial charge in [0.05, 0.1) is 29.6 Å². The monoisotopic (exact) mass is 492 g/mol. The van der Waals surface area contributed by atoms with Crippen molar-refractivity contribution >= 4 is 40.8 Å². The van der Waals surface area contributed by atoms with Gasteiger partial charge in [0.2, 0.25) is 5.91 Å². The standard InChI is InChI=1S/C25H28N6O3S/c1-14(2)35-16-11-28-23(29-12-16)17-6-5-7-19(22(17)34-4)30-20-10-21(31-24(32)15-8-9-15)27-13-18(20)25(33)26-3/h5-7,10-15H,8-9H2,1-4H3,(H,26,33)(H2,27,30,31,32). The van der Waals surface area contributed by atoms with Crippen molar-refractivity contribution in [1.29, 1.82) is 0 Å².